The lowest BCUT2D eigenvalue weighted by atomic mass is 9.93. The molecule has 0 saturated carbocycles. The van der Waals surface area contributed by atoms with E-state index in [1.807, 2.05) is 6.92 Å². The second kappa shape index (κ2) is 8.99. The Balaban J connectivity index is 1.48. The lowest BCUT2D eigenvalue weighted by Gasteiger charge is -2.36. The molecule has 1 saturated heterocycles. The number of nitrogens with zero attached hydrogens (tertiary/aromatic N) is 4. The number of carbonyl (C=O) groups excluding carboxylic acids is 1. The number of likely N-dealkylation sites (tertiary alicyclic amines) is 1. The Morgan fingerprint density at radius 3 is 2.67 bits per heavy atom. The Morgan fingerprint density at radius 1 is 1.27 bits per heavy atom. The first-order chi connectivity index (χ1) is 16.0. The van der Waals surface area contributed by atoms with Gasteiger partial charge in [-0.25, -0.2) is 0 Å². The van der Waals surface area contributed by atoms with Gasteiger partial charge >= 0.3 is 5.97 Å². The van der Waals surface area contributed by atoms with E-state index >= 15 is 0 Å². The number of hydrogen-bond acceptors (Lipinski definition) is 8. The van der Waals surface area contributed by atoms with Gasteiger partial charge < -0.3 is 14.3 Å². The molecule has 0 amide bonds. The van der Waals surface area contributed by atoms with Crippen LogP contribution >= 0.6 is 11.3 Å². The zero-order valence-corrected chi connectivity index (χ0v) is 19.4. The molecule has 9 heteroatoms. The second-order valence-electron chi connectivity index (χ2n) is 8.27. The molecule has 1 fully saturated rings. The normalized spacial score (nSPS) is 16.3. The van der Waals surface area contributed by atoms with Crippen LogP contribution in [0.2, 0.25) is 0 Å². The van der Waals surface area contributed by atoms with Gasteiger partial charge in [-0.3, -0.25) is 9.69 Å². The number of furan rings is 1. The van der Waals surface area contributed by atoms with Crippen molar-refractivity contribution in [3.8, 4) is 17.5 Å². The average molecular weight is 467 g/mol. The van der Waals surface area contributed by atoms with Crippen LogP contribution in [0.5, 0.6) is 5.88 Å². The summed E-state index contributed by atoms with van der Waals surface area (Å²) in [6.45, 7) is 5.75. The first kappa shape index (κ1) is 21.7. The number of aromatic hydroxyl groups is 1. The van der Waals surface area contributed by atoms with Crippen LogP contribution in [0.15, 0.2) is 47.1 Å². The molecule has 1 aliphatic heterocycles. The third-order valence-corrected chi connectivity index (χ3v) is 7.17. The highest BCUT2D eigenvalue weighted by molar-refractivity contribution is 7.17. The van der Waals surface area contributed by atoms with Crippen LogP contribution in [-0.4, -0.2) is 50.3 Å². The number of ether oxygens (including phenoxy) is 1. The monoisotopic (exact) mass is 466 g/mol. The molecule has 172 valence electrons. The van der Waals surface area contributed by atoms with Gasteiger partial charge in [0, 0.05) is 0 Å². The molecule has 8 nitrogen and oxygen atoms in total. The number of thiazole rings is 1. The maximum absolute atomic E-state index is 12.2. The third-order valence-electron chi connectivity index (χ3n) is 6.10. The molecule has 1 atom stereocenters. The summed E-state index contributed by atoms with van der Waals surface area (Å²) in [5.74, 6) is 0.888. The summed E-state index contributed by atoms with van der Waals surface area (Å²) >= 11 is 1.42. The van der Waals surface area contributed by atoms with Crippen LogP contribution in [-0.2, 0) is 9.53 Å². The van der Waals surface area contributed by atoms with Crippen molar-refractivity contribution in [1.29, 1.82) is 0 Å². The summed E-state index contributed by atoms with van der Waals surface area (Å²) in [4.78, 5) is 20.5. The predicted molar refractivity (Wildman–Crippen MR) is 124 cm³/mol. The van der Waals surface area contributed by atoms with Gasteiger partial charge in [0.2, 0.25) is 16.7 Å². The molecule has 4 aromatic rings. The van der Waals surface area contributed by atoms with Gasteiger partial charge in [0.1, 0.15) is 0 Å². The van der Waals surface area contributed by atoms with E-state index in [0.29, 0.717) is 23.2 Å². The van der Waals surface area contributed by atoms with Gasteiger partial charge in [-0.1, -0.05) is 41.2 Å². The van der Waals surface area contributed by atoms with Crippen molar-refractivity contribution in [2.45, 2.75) is 32.7 Å². The second-order valence-corrected chi connectivity index (χ2v) is 9.28. The fourth-order valence-electron chi connectivity index (χ4n) is 4.37. The number of benzene rings is 1. The van der Waals surface area contributed by atoms with Gasteiger partial charge in [0.15, 0.2) is 5.76 Å². The number of carbonyl (C=O) groups is 1. The van der Waals surface area contributed by atoms with E-state index in [1.165, 1.54) is 21.4 Å². The van der Waals surface area contributed by atoms with Crippen molar-refractivity contribution in [1.82, 2.24) is 19.5 Å². The number of hydrogen-bond donors (Lipinski definition) is 1. The summed E-state index contributed by atoms with van der Waals surface area (Å²) in [7, 11) is 0. The van der Waals surface area contributed by atoms with Crippen molar-refractivity contribution in [3.05, 3.63) is 58.7 Å². The minimum atomic E-state index is -0.158. The van der Waals surface area contributed by atoms with Crippen molar-refractivity contribution in [3.63, 3.8) is 0 Å². The minimum Gasteiger partial charge on any atom is -0.492 e. The summed E-state index contributed by atoms with van der Waals surface area (Å²) in [5, 5.41) is 15.6. The molecule has 1 unspecified atom stereocenters. The summed E-state index contributed by atoms with van der Waals surface area (Å²) in [6, 6.07) is 11.8. The van der Waals surface area contributed by atoms with E-state index in [4.69, 9.17) is 9.15 Å². The van der Waals surface area contributed by atoms with E-state index in [0.717, 1.165) is 36.4 Å². The number of rotatable bonds is 6. The molecule has 0 bridgehead atoms. The molecule has 3 aromatic heterocycles. The Kier molecular flexibility index (Phi) is 5.90. The number of piperidine rings is 1. The molecule has 1 aromatic carbocycles. The molecular weight excluding hydrogens is 440 g/mol. The van der Waals surface area contributed by atoms with E-state index in [-0.39, 0.29) is 23.8 Å². The fourth-order valence-corrected chi connectivity index (χ4v) is 5.49. The maximum Gasteiger partial charge on any atom is 0.309 e. The van der Waals surface area contributed by atoms with E-state index in [1.54, 1.807) is 18.4 Å². The highest BCUT2D eigenvalue weighted by Crippen LogP contribution is 2.42. The van der Waals surface area contributed by atoms with Crippen LogP contribution < -0.4 is 0 Å². The molecule has 33 heavy (non-hydrogen) atoms. The third kappa shape index (κ3) is 4.14. The van der Waals surface area contributed by atoms with Gasteiger partial charge in [-0.2, -0.15) is 9.50 Å². The Labute approximate surface area is 195 Å². The largest absolute Gasteiger partial charge is 0.492 e. The van der Waals surface area contributed by atoms with Gasteiger partial charge in [0.05, 0.1) is 29.7 Å². The Bertz CT molecular complexity index is 1240. The quantitative estimate of drug-likeness (QED) is 0.420. The van der Waals surface area contributed by atoms with Crippen molar-refractivity contribution in [2.24, 2.45) is 5.92 Å². The molecule has 4 heterocycles. The van der Waals surface area contributed by atoms with Crippen LogP contribution in [0.3, 0.4) is 0 Å². The minimum absolute atomic E-state index is 0.0772. The molecule has 0 spiro atoms. The van der Waals surface area contributed by atoms with Crippen LogP contribution in [0.25, 0.3) is 16.5 Å². The zero-order valence-electron chi connectivity index (χ0n) is 18.6. The van der Waals surface area contributed by atoms with E-state index in [9.17, 15) is 9.90 Å². The number of aryl methyl sites for hydroxylation is 1. The zero-order chi connectivity index (χ0) is 22.9. The van der Waals surface area contributed by atoms with E-state index < -0.39 is 0 Å². The smallest absolute Gasteiger partial charge is 0.309 e. The van der Waals surface area contributed by atoms with Crippen LogP contribution in [0.4, 0.5) is 0 Å². The van der Waals surface area contributed by atoms with Gasteiger partial charge in [-0.15, -0.1) is 5.10 Å². The summed E-state index contributed by atoms with van der Waals surface area (Å²) in [6.07, 6.45) is 3.03. The SMILES string of the molecule is CCOC(=O)C1CCN(C(c2ccc(C)cc2)c2sc3nc(-c4ccco4)nn3c2O)CC1. The highest BCUT2D eigenvalue weighted by Gasteiger charge is 2.34. The predicted octanol–water partition coefficient (Wildman–Crippen LogP) is 4.43. The van der Waals surface area contributed by atoms with Crippen molar-refractivity contribution in [2.75, 3.05) is 19.7 Å². The summed E-state index contributed by atoms with van der Waals surface area (Å²) < 4.78 is 12.1. The number of fused-ring (bicyclic) bond motifs is 1. The lowest BCUT2D eigenvalue weighted by Crippen LogP contribution is -2.39. The molecular formula is C24H26N4O4S. The first-order valence-electron chi connectivity index (χ1n) is 11.1. The summed E-state index contributed by atoms with van der Waals surface area (Å²) in [5.41, 5.74) is 2.26. The maximum atomic E-state index is 12.2. The topological polar surface area (TPSA) is 93.1 Å². The highest BCUT2D eigenvalue weighted by atomic mass is 32.1. The van der Waals surface area contributed by atoms with Crippen LogP contribution in [0.1, 0.15) is 41.8 Å². The van der Waals surface area contributed by atoms with Crippen molar-refractivity contribution < 1.29 is 19.1 Å². The lowest BCUT2D eigenvalue weighted by molar-refractivity contribution is -0.149. The molecule has 0 aliphatic carbocycles. The number of esters is 1. The van der Waals surface area contributed by atoms with Crippen molar-refractivity contribution >= 4 is 22.3 Å². The molecule has 5 rings (SSSR count). The van der Waals surface area contributed by atoms with Gasteiger partial charge in [-0.05, 0) is 57.5 Å². The fraction of sp³-hybridized carbons (Fsp3) is 0.375. The molecule has 1 N–H and O–H groups in total. The molecule has 0 radical (unpaired) electrons. The standard InChI is InChI=1S/C24H26N4O4S/c1-3-31-23(30)17-10-12-27(13-11-17)19(16-8-6-15(2)7-9-16)20-22(29)28-24(33-20)25-21(26-28)18-5-4-14-32-18/h4-9,14,17,19,29H,3,10-13H2,1-2H3. The first-order valence-corrected chi connectivity index (χ1v) is 12.0. The van der Waals surface area contributed by atoms with Crippen LogP contribution in [0, 0.1) is 12.8 Å². The average Bonchev–Trinajstić information content (AvgIpc) is 3.55. The Morgan fingerprint density at radius 2 is 2.03 bits per heavy atom. The molecule has 1 aliphatic rings. The van der Waals surface area contributed by atoms with Gasteiger partial charge in [0.25, 0.3) is 0 Å². The van der Waals surface area contributed by atoms with E-state index in [2.05, 4.69) is 46.2 Å². The number of aromatic nitrogens is 3. The Hall–Kier alpha value is -3.17.